The molecule has 0 aliphatic heterocycles. The van der Waals surface area contributed by atoms with Crippen LogP contribution in [0.2, 0.25) is 10.0 Å². The Bertz CT molecular complexity index is 859. The lowest BCUT2D eigenvalue weighted by atomic mass is 10.0. The van der Waals surface area contributed by atoms with Gasteiger partial charge in [0.2, 0.25) is 11.7 Å². The van der Waals surface area contributed by atoms with Gasteiger partial charge in [0.1, 0.15) is 5.56 Å². The summed E-state index contributed by atoms with van der Waals surface area (Å²) >= 11 is 11.8. The van der Waals surface area contributed by atoms with E-state index in [9.17, 15) is 13.2 Å². The van der Waals surface area contributed by atoms with Crippen LogP contribution in [0, 0.1) is 6.92 Å². The van der Waals surface area contributed by atoms with Gasteiger partial charge in [0.25, 0.3) is 0 Å². The number of halogens is 2. The lowest BCUT2D eigenvalue weighted by Crippen LogP contribution is -2.12. The highest BCUT2D eigenvalue weighted by atomic mass is 35.5. The van der Waals surface area contributed by atoms with E-state index in [0.717, 1.165) is 6.26 Å². The highest BCUT2D eigenvalue weighted by Crippen LogP contribution is 2.29. The minimum atomic E-state index is -3.81. The molecule has 6 nitrogen and oxygen atoms in total. The van der Waals surface area contributed by atoms with Crippen LogP contribution in [0.3, 0.4) is 0 Å². The van der Waals surface area contributed by atoms with Gasteiger partial charge in [-0.2, -0.15) is 13.5 Å². The largest absolute Gasteiger partial charge is 0.361 e. The molecule has 0 saturated carbocycles. The summed E-state index contributed by atoms with van der Waals surface area (Å²) in [5, 5.41) is 4.57. The van der Waals surface area contributed by atoms with E-state index in [2.05, 4.69) is 5.10 Å². The third-order valence-corrected chi connectivity index (χ3v) is 3.81. The van der Waals surface area contributed by atoms with Gasteiger partial charge < -0.3 is 4.18 Å². The molecular formula is C13H12Cl2N2O4S. The molecule has 0 saturated heterocycles. The first-order chi connectivity index (χ1) is 10.1. The molecule has 0 aliphatic carbocycles. The smallest absolute Gasteiger partial charge is 0.307 e. The monoisotopic (exact) mass is 362 g/mol. The van der Waals surface area contributed by atoms with Crippen molar-refractivity contribution >= 4 is 39.1 Å². The molecular weight excluding hydrogens is 351 g/mol. The van der Waals surface area contributed by atoms with E-state index in [1.165, 1.54) is 29.9 Å². The lowest BCUT2D eigenvalue weighted by Gasteiger charge is -2.07. The van der Waals surface area contributed by atoms with Crippen LogP contribution in [0.1, 0.15) is 21.6 Å². The topological polar surface area (TPSA) is 78.3 Å². The molecule has 0 aliphatic rings. The predicted octanol–water partition coefficient (Wildman–Crippen LogP) is 2.60. The highest BCUT2D eigenvalue weighted by molar-refractivity contribution is 7.86. The quantitative estimate of drug-likeness (QED) is 0.616. The fourth-order valence-corrected chi connectivity index (χ4v) is 2.92. The van der Waals surface area contributed by atoms with Crippen molar-refractivity contribution in [2.75, 3.05) is 6.26 Å². The van der Waals surface area contributed by atoms with E-state index in [1.807, 2.05) is 0 Å². The Morgan fingerprint density at radius 2 is 1.95 bits per heavy atom. The van der Waals surface area contributed by atoms with Crippen LogP contribution < -0.4 is 4.18 Å². The van der Waals surface area contributed by atoms with E-state index in [1.54, 1.807) is 6.92 Å². The number of aromatic nitrogens is 2. The number of hydrogen-bond donors (Lipinski definition) is 0. The average Bonchev–Trinajstić information content (AvgIpc) is 2.61. The number of carbonyl (C=O) groups is 1. The third-order valence-electron chi connectivity index (χ3n) is 2.80. The van der Waals surface area contributed by atoms with Crippen molar-refractivity contribution in [2.24, 2.45) is 7.05 Å². The van der Waals surface area contributed by atoms with Gasteiger partial charge in [-0.15, -0.1) is 0 Å². The van der Waals surface area contributed by atoms with Gasteiger partial charge in [0.15, 0.2) is 0 Å². The Labute approximate surface area is 137 Å². The molecule has 0 N–H and O–H groups in total. The SMILES string of the molecule is Cc1nn(C)c(OS(C)(=O)=O)c1C(=O)c1ccc(Cl)cc1Cl. The summed E-state index contributed by atoms with van der Waals surface area (Å²) < 4.78 is 28.8. The van der Waals surface area contributed by atoms with E-state index in [4.69, 9.17) is 27.4 Å². The van der Waals surface area contributed by atoms with Gasteiger partial charge in [-0.05, 0) is 25.1 Å². The van der Waals surface area contributed by atoms with Gasteiger partial charge in [-0.25, -0.2) is 4.68 Å². The molecule has 22 heavy (non-hydrogen) atoms. The second-order valence-electron chi connectivity index (χ2n) is 4.63. The molecule has 0 radical (unpaired) electrons. The van der Waals surface area contributed by atoms with Gasteiger partial charge in [-0.1, -0.05) is 23.2 Å². The summed E-state index contributed by atoms with van der Waals surface area (Å²) in [5.74, 6) is -0.651. The van der Waals surface area contributed by atoms with Crippen molar-refractivity contribution in [1.29, 1.82) is 0 Å². The van der Waals surface area contributed by atoms with Crippen LogP contribution in [0.5, 0.6) is 5.88 Å². The van der Waals surface area contributed by atoms with Crippen LogP contribution in [0.25, 0.3) is 0 Å². The van der Waals surface area contributed by atoms with Gasteiger partial charge in [-0.3, -0.25) is 4.79 Å². The molecule has 118 valence electrons. The number of rotatable bonds is 4. The lowest BCUT2D eigenvalue weighted by molar-refractivity contribution is 0.103. The molecule has 0 atom stereocenters. The fraction of sp³-hybridized carbons (Fsp3) is 0.231. The number of ketones is 1. The number of benzene rings is 1. The minimum absolute atomic E-state index is 0.0390. The van der Waals surface area contributed by atoms with E-state index in [-0.39, 0.29) is 22.0 Å². The molecule has 0 unspecified atom stereocenters. The summed E-state index contributed by atoms with van der Waals surface area (Å²) in [5.41, 5.74) is 0.551. The Morgan fingerprint density at radius 1 is 1.32 bits per heavy atom. The van der Waals surface area contributed by atoms with Gasteiger partial charge in [0, 0.05) is 17.6 Å². The molecule has 2 rings (SSSR count). The Balaban J connectivity index is 2.59. The Hall–Kier alpha value is -1.57. The second-order valence-corrected chi connectivity index (χ2v) is 7.05. The maximum Gasteiger partial charge on any atom is 0.307 e. The maximum atomic E-state index is 12.7. The molecule has 0 spiro atoms. The molecule has 2 aromatic rings. The van der Waals surface area contributed by atoms with Crippen LogP contribution in [0.15, 0.2) is 18.2 Å². The maximum absolute atomic E-state index is 12.7. The number of aryl methyl sites for hydroxylation is 2. The first-order valence-electron chi connectivity index (χ1n) is 6.03. The molecule has 1 aromatic carbocycles. The summed E-state index contributed by atoms with van der Waals surface area (Å²) in [7, 11) is -2.33. The standard InChI is InChI=1S/C13H12Cl2N2O4S/c1-7-11(13(17(2)16-7)21-22(3,19)20)12(18)9-5-4-8(14)6-10(9)15/h4-6H,1-3H3. The summed E-state index contributed by atoms with van der Waals surface area (Å²) in [6, 6.07) is 4.41. The molecule has 9 heteroatoms. The normalized spacial score (nSPS) is 11.5. The molecule has 0 fully saturated rings. The van der Waals surface area contributed by atoms with Crippen molar-refractivity contribution in [3.63, 3.8) is 0 Å². The van der Waals surface area contributed by atoms with E-state index >= 15 is 0 Å². The van der Waals surface area contributed by atoms with Crippen LogP contribution >= 0.6 is 23.2 Å². The predicted molar refractivity (Wildman–Crippen MR) is 83.3 cm³/mol. The summed E-state index contributed by atoms with van der Waals surface area (Å²) in [4.78, 5) is 12.7. The van der Waals surface area contributed by atoms with Crippen molar-refractivity contribution in [3.05, 3.63) is 45.1 Å². The number of carbonyl (C=O) groups excluding carboxylic acids is 1. The van der Waals surface area contributed by atoms with Crippen LogP contribution in [-0.4, -0.2) is 30.2 Å². The summed E-state index contributed by atoms with van der Waals surface area (Å²) in [6.45, 7) is 1.58. The van der Waals surface area contributed by atoms with E-state index in [0.29, 0.717) is 10.7 Å². The van der Waals surface area contributed by atoms with Gasteiger partial charge in [0.05, 0.1) is 17.0 Å². The zero-order valence-electron chi connectivity index (χ0n) is 11.9. The highest BCUT2D eigenvalue weighted by Gasteiger charge is 2.26. The van der Waals surface area contributed by atoms with Crippen molar-refractivity contribution in [2.45, 2.75) is 6.92 Å². The van der Waals surface area contributed by atoms with Crippen LogP contribution in [0.4, 0.5) is 0 Å². The fourth-order valence-electron chi connectivity index (χ4n) is 1.95. The zero-order chi connectivity index (χ0) is 16.7. The summed E-state index contributed by atoms with van der Waals surface area (Å²) in [6.07, 6.45) is 0.888. The number of nitrogens with zero attached hydrogens (tertiary/aromatic N) is 2. The zero-order valence-corrected chi connectivity index (χ0v) is 14.3. The van der Waals surface area contributed by atoms with E-state index < -0.39 is 15.9 Å². The first kappa shape index (κ1) is 16.8. The molecule has 1 heterocycles. The Morgan fingerprint density at radius 3 is 2.50 bits per heavy atom. The van der Waals surface area contributed by atoms with Crippen molar-refractivity contribution in [1.82, 2.24) is 9.78 Å². The van der Waals surface area contributed by atoms with Crippen LogP contribution in [-0.2, 0) is 17.2 Å². The molecule has 0 amide bonds. The third kappa shape index (κ3) is 3.43. The Kier molecular flexibility index (Phi) is 4.51. The molecule has 0 bridgehead atoms. The molecule has 1 aromatic heterocycles. The van der Waals surface area contributed by atoms with Gasteiger partial charge >= 0.3 is 10.1 Å². The van der Waals surface area contributed by atoms with Crippen molar-refractivity contribution < 1.29 is 17.4 Å². The minimum Gasteiger partial charge on any atom is -0.361 e. The second kappa shape index (κ2) is 5.91. The first-order valence-corrected chi connectivity index (χ1v) is 8.60. The number of hydrogen-bond acceptors (Lipinski definition) is 5. The average molecular weight is 363 g/mol. The van der Waals surface area contributed by atoms with Crippen molar-refractivity contribution in [3.8, 4) is 5.88 Å².